The van der Waals surface area contributed by atoms with Crippen LogP contribution in [0.4, 0.5) is 0 Å². The molecule has 1 aliphatic rings. The van der Waals surface area contributed by atoms with Gasteiger partial charge in [-0.2, -0.15) is 0 Å². The van der Waals surface area contributed by atoms with Crippen molar-refractivity contribution in [2.75, 3.05) is 13.9 Å². The molecule has 1 atom stereocenters. The van der Waals surface area contributed by atoms with Gasteiger partial charge >= 0.3 is 0 Å². The van der Waals surface area contributed by atoms with Crippen LogP contribution in [0.5, 0.6) is 17.2 Å². The molecule has 2 heterocycles. The highest BCUT2D eigenvalue weighted by molar-refractivity contribution is 5.77. The summed E-state index contributed by atoms with van der Waals surface area (Å²) in [5.41, 5.74) is 2.02. The molecular weight excluding hydrogens is 356 g/mol. The van der Waals surface area contributed by atoms with Crippen molar-refractivity contribution in [2.45, 2.75) is 19.0 Å². The van der Waals surface area contributed by atoms with Crippen LogP contribution in [-0.4, -0.2) is 24.4 Å². The molecule has 144 valence electrons. The number of aromatic nitrogens is 1. The van der Waals surface area contributed by atoms with Crippen LogP contribution in [0.25, 0.3) is 0 Å². The molecule has 6 heteroatoms. The zero-order valence-electron chi connectivity index (χ0n) is 15.6. The molecule has 0 aliphatic carbocycles. The van der Waals surface area contributed by atoms with E-state index < -0.39 is 0 Å². The number of nitrogens with zero attached hydrogens (tertiary/aromatic N) is 1. The third-order valence-corrected chi connectivity index (χ3v) is 4.79. The molecule has 4 rings (SSSR count). The summed E-state index contributed by atoms with van der Waals surface area (Å²) < 4.78 is 18.0. The second-order valence-corrected chi connectivity index (χ2v) is 6.59. The molecule has 0 fully saturated rings. The molecule has 0 bridgehead atoms. The van der Waals surface area contributed by atoms with Gasteiger partial charge in [-0.1, -0.05) is 18.2 Å². The van der Waals surface area contributed by atoms with Gasteiger partial charge in [0.1, 0.15) is 5.75 Å². The van der Waals surface area contributed by atoms with Crippen molar-refractivity contribution in [3.05, 3.63) is 78.1 Å². The predicted octanol–water partition coefficient (Wildman–Crippen LogP) is 3.52. The Morgan fingerprint density at radius 2 is 1.86 bits per heavy atom. The quantitative estimate of drug-likeness (QED) is 0.683. The van der Waals surface area contributed by atoms with E-state index in [-0.39, 0.29) is 18.7 Å². The van der Waals surface area contributed by atoms with Gasteiger partial charge in [-0.05, 0) is 47.5 Å². The van der Waals surface area contributed by atoms with E-state index >= 15 is 0 Å². The minimum atomic E-state index is -0.0855. The van der Waals surface area contributed by atoms with Gasteiger partial charge in [-0.3, -0.25) is 4.79 Å². The second kappa shape index (κ2) is 8.08. The van der Waals surface area contributed by atoms with Crippen LogP contribution < -0.4 is 19.5 Å². The molecule has 0 radical (unpaired) electrons. The molecular formula is C22H22N2O4. The first-order valence-electron chi connectivity index (χ1n) is 9.14. The minimum absolute atomic E-state index is 0.0211. The normalized spacial score (nSPS) is 13.2. The Morgan fingerprint density at radius 3 is 2.61 bits per heavy atom. The number of methoxy groups -OCH3 is 1. The number of fused-ring (bicyclic) bond motifs is 1. The van der Waals surface area contributed by atoms with Crippen molar-refractivity contribution in [1.82, 2.24) is 9.88 Å². The van der Waals surface area contributed by atoms with Crippen molar-refractivity contribution in [2.24, 2.45) is 0 Å². The number of amides is 1. The zero-order valence-corrected chi connectivity index (χ0v) is 15.6. The standard InChI is InChI=1S/C22H22N2O4/c1-26-18-7-5-17(6-8-18)19(24-10-2-3-11-24)13-22(25)23-14-16-4-9-20-21(12-16)28-15-27-20/h2-12,19H,13-15H2,1H3,(H,23,25)/t19-/m1/s1. The third kappa shape index (κ3) is 3.96. The van der Waals surface area contributed by atoms with Crippen LogP contribution in [0.2, 0.25) is 0 Å². The molecule has 0 saturated heterocycles. The lowest BCUT2D eigenvalue weighted by atomic mass is 10.0. The van der Waals surface area contributed by atoms with Crippen molar-refractivity contribution < 1.29 is 19.0 Å². The number of hydrogen-bond donors (Lipinski definition) is 1. The minimum Gasteiger partial charge on any atom is -0.497 e. The van der Waals surface area contributed by atoms with Crippen LogP contribution in [0, 0.1) is 0 Å². The number of hydrogen-bond acceptors (Lipinski definition) is 4. The van der Waals surface area contributed by atoms with Crippen molar-refractivity contribution in [3.8, 4) is 17.2 Å². The molecule has 1 amide bonds. The van der Waals surface area contributed by atoms with Gasteiger partial charge in [-0.15, -0.1) is 0 Å². The van der Waals surface area contributed by atoms with Gasteiger partial charge in [0.15, 0.2) is 11.5 Å². The number of carbonyl (C=O) groups is 1. The highest BCUT2D eigenvalue weighted by Gasteiger charge is 2.18. The first kappa shape index (κ1) is 18.0. The molecule has 0 unspecified atom stereocenters. The topological polar surface area (TPSA) is 61.7 Å². The molecule has 1 N–H and O–H groups in total. The Kier molecular flexibility index (Phi) is 5.19. The first-order chi connectivity index (χ1) is 13.7. The molecule has 28 heavy (non-hydrogen) atoms. The fourth-order valence-corrected chi connectivity index (χ4v) is 3.28. The fraction of sp³-hybridized carbons (Fsp3) is 0.227. The van der Waals surface area contributed by atoms with E-state index in [0.29, 0.717) is 13.0 Å². The summed E-state index contributed by atoms with van der Waals surface area (Å²) in [6, 6.07) is 17.3. The largest absolute Gasteiger partial charge is 0.497 e. The van der Waals surface area contributed by atoms with E-state index in [1.807, 2.05) is 71.6 Å². The van der Waals surface area contributed by atoms with E-state index in [4.69, 9.17) is 14.2 Å². The lowest BCUT2D eigenvalue weighted by molar-refractivity contribution is -0.121. The van der Waals surface area contributed by atoms with Crippen LogP contribution in [0.15, 0.2) is 67.0 Å². The number of rotatable bonds is 7. The number of nitrogens with one attached hydrogen (secondary N) is 1. The average molecular weight is 378 g/mol. The number of ether oxygens (including phenoxy) is 3. The van der Waals surface area contributed by atoms with Gasteiger partial charge in [-0.25, -0.2) is 0 Å². The molecule has 6 nitrogen and oxygen atoms in total. The summed E-state index contributed by atoms with van der Waals surface area (Å²) in [6.45, 7) is 0.683. The Morgan fingerprint density at radius 1 is 1.11 bits per heavy atom. The summed E-state index contributed by atoms with van der Waals surface area (Å²) >= 11 is 0. The van der Waals surface area contributed by atoms with E-state index in [1.54, 1.807) is 7.11 Å². The van der Waals surface area contributed by atoms with Gasteiger partial charge < -0.3 is 24.1 Å². The highest BCUT2D eigenvalue weighted by Crippen LogP contribution is 2.32. The maximum atomic E-state index is 12.6. The smallest absolute Gasteiger partial charge is 0.231 e. The first-order valence-corrected chi connectivity index (χ1v) is 9.14. The molecule has 1 aliphatic heterocycles. The van der Waals surface area contributed by atoms with Gasteiger partial charge in [0.2, 0.25) is 12.7 Å². The number of benzene rings is 2. The highest BCUT2D eigenvalue weighted by atomic mass is 16.7. The predicted molar refractivity (Wildman–Crippen MR) is 105 cm³/mol. The molecule has 2 aromatic carbocycles. The monoisotopic (exact) mass is 378 g/mol. The maximum absolute atomic E-state index is 12.6. The van der Waals surface area contributed by atoms with Crippen molar-refractivity contribution in [3.63, 3.8) is 0 Å². The van der Waals surface area contributed by atoms with Crippen LogP contribution in [0.1, 0.15) is 23.6 Å². The van der Waals surface area contributed by atoms with Crippen molar-refractivity contribution >= 4 is 5.91 Å². The fourth-order valence-electron chi connectivity index (χ4n) is 3.28. The van der Waals surface area contributed by atoms with Crippen LogP contribution >= 0.6 is 0 Å². The van der Waals surface area contributed by atoms with E-state index in [9.17, 15) is 4.79 Å². The summed E-state index contributed by atoms with van der Waals surface area (Å²) in [5, 5.41) is 3.00. The summed E-state index contributed by atoms with van der Waals surface area (Å²) in [5.74, 6) is 2.23. The van der Waals surface area contributed by atoms with Gasteiger partial charge in [0.05, 0.1) is 19.6 Å². The molecule has 1 aromatic heterocycles. The average Bonchev–Trinajstić information content (AvgIpc) is 3.42. The zero-order chi connectivity index (χ0) is 19.3. The lowest BCUT2D eigenvalue weighted by Crippen LogP contribution is -2.26. The van der Waals surface area contributed by atoms with E-state index in [1.165, 1.54) is 0 Å². The van der Waals surface area contributed by atoms with Gasteiger partial charge in [0.25, 0.3) is 0 Å². The molecule has 0 spiro atoms. The molecule has 0 saturated carbocycles. The lowest BCUT2D eigenvalue weighted by Gasteiger charge is -2.20. The maximum Gasteiger partial charge on any atom is 0.231 e. The number of carbonyl (C=O) groups excluding carboxylic acids is 1. The van der Waals surface area contributed by atoms with Gasteiger partial charge in [0, 0.05) is 18.9 Å². The van der Waals surface area contributed by atoms with Crippen molar-refractivity contribution in [1.29, 1.82) is 0 Å². The third-order valence-electron chi connectivity index (χ3n) is 4.79. The summed E-state index contributed by atoms with van der Waals surface area (Å²) in [4.78, 5) is 12.6. The van der Waals surface area contributed by atoms with E-state index in [2.05, 4.69) is 5.32 Å². The second-order valence-electron chi connectivity index (χ2n) is 6.59. The Labute approximate surface area is 163 Å². The van der Waals surface area contributed by atoms with Crippen LogP contribution in [-0.2, 0) is 11.3 Å². The summed E-state index contributed by atoms with van der Waals surface area (Å²) in [6.07, 6.45) is 4.28. The van der Waals surface area contributed by atoms with E-state index in [0.717, 1.165) is 28.4 Å². The molecule has 3 aromatic rings. The Bertz CT molecular complexity index is 936. The Hall–Kier alpha value is -3.41. The summed E-state index contributed by atoms with van der Waals surface area (Å²) in [7, 11) is 1.64. The Balaban J connectivity index is 1.43. The van der Waals surface area contributed by atoms with Crippen LogP contribution in [0.3, 0.4) is 0 Å². The SMILES string of the molecule is COc1ccc([C@@H](CC(=O)NCc2ccc3c(c2)OCO3)n2cccc2)cc1.